The van der Waals surface area contributed by atoms with E-state index in [-0.39, 0.29) is 25.0 Å². The summed E-state index contributed by atoms with van der Waals surface area (Å²) in [5.74, 6) is 0.339. The zero-order chi connectivity index (χ0) is 8.69. The first-order valence-electron chi connectivity index (χ1n) is 3.27. The number of aliphatic hydroxyl groups is 2. The van der Waals surface area contributed by atoms with Crippen LogP contribution in [-0.4, -0.2) is 47.4 Å². The van der Waals surface area contributed by atoms with Gasteiger partial charge in [-0.15, -0.1) is 23.2 Å². The summed E-state index contributed by atoms with van der Waals surface area (Å²) < 4.78 is 4.98. The fourth-order valence-corrected chi connectivity index (χ4v) is 0.714. The third-order valence-electron chi connectivity index (χ3n) is 1.08. The molecule has 11 heavy (non-hydrogen) atoms. The molecule has 0 aromatic rings. The van der Waals surface area contributed by atoms with Crippen molar-refractivity contribution in [2.45, 2.75) is 12.2 Å². The fraction of sp³-hybridized carbons (Fsp3) is 1.00. The van der Waals surface area contributed by atoms with Crippen molar-refractivity contribution in [3.05, 3.63) is 0 Å². The van der Waals surface area contributed by atoms with Gasteiger partial charge in [0.25, 0.3) is 0 Å². The first kappa shape index (κ1) is 11.5. The maximum absolute atomic E-state index is 8.92. The van der Waals surface area contributed by atoms with Gasteiger partial charge in [0, 0.05) is 0 Å². The molecule has 0 fully saturated rings. The highest BCUT2D eigenvalue weighted by Gasteiger charge is 2.08. The standard InChI is InChI=1S/C6H12Cl2O3/c7-1-5(10)4-11-6(2-8)3-9/h5-6,9-10H,1-4H2. The lowest BCUT2D eigenvalue weighted by Gasteiger charge is -2.13. The Hall–Kier alpha value is 0.460. The summed E-state index contributed by atoms with van der Waals surface area (Å²) in [5, 5.41) is 17.5. The third-order valence-corrected chi connectivity index (χ3v) is 1.78. The molecule has 68 valence electrons. The van der Waals surface area contributed by atoms with E-state index in [1.54, 1.807) is 0 Å². The van der Waals surface area contributed by atoms with Crippen molar-refractivity contribution in [2.75, 3.05) is 25.0 Å². The molecule has 2 atom stereocenters. The van der Waals surface area contributed by atoms with Crippen LogP contribution in [-0.2, 0) is 4.74 Å². The van der Waals surface area contributed by atoms with Crippen LogP contribution in [0.4, 0.5) is 0 Å². The lowest BCUT2D eigenvalue weighted by Crippen LogP contribution is -2.26. The summed E-state index contributed by atoms with van der Waals surface area (Å²) in [5.41, 5.74) is 0. The summed E-state index contributed by atoms with van der Waals surface area (Å²) in [6.45, 7) is -0.0278. The highest BCUT2D eigenvalue weighted by molar-refractivity contribution is 6.18. The molecule has 2 unspecified atom stereocenters. The van der Waals surface area contributed by atoms with Gasteiger partial charge in [0.05, 0.1) is 37.2 Å². The monoisotopic (exact) mass is 202 g/mol. The smallest absolute Gasteiger partial charge is 0.0941 e. The van der Waals surface area contributed by atoms with Crippen molar-refractivity contribution in [1.82, 2.24) is 0 Å². The summed E-state index contributed by atoms with van der Waals surface area (Å²) in [6.07, 6.45) is -1.09. The molecule has 0 aliphatic rings. The summed E-state index contributed by atoms with van der Waals surface area (Å²) in [6, 6.07) is 0. The number of hydrogen-bond donors (Lipinski definition) is 2. The Morgan fingerprint density at radius 3 is 2.27 bits per heavy atom. The zero-order valence-corrected chi connectivity index (χ0v) is 7.55. The van der Waals surface area contributed by atoms with E-state index in [9.17, 15) is 0 Å². The van der Waals surface area contributed by atoms with Crippen molar-refractivity contribution in [3.8, 4) is 0 Å². The molecule has 0 saturated heterocycles. The SMILES string of the molecule is OCC(CCl)OCC(O)CCl. The highest BCUT2D eigenvalue weighted by atomic mass is 35.5. The topological polar surface area (TPSA) is 49.7 Å². The van der Waals surface area contributed by atoms with Gasteiger partial charge in [-0.3, -0.25) is 0 Å². The summed E-state index contributed by atoms with van der Waals surface area (Å²) in [4.78, 5) is 0. The molecular weight excluding hydrogens is 191 g/mol. The van der Waals surface area contributed by atoms with Gasteiger partial charge in [-0.05, 0) is 0 Å². The van der Waals surface area contributed by atoms with Crippen LogP contribution in [0.3, 0.4) is 0 Å². The molecular formula is C6H12Cl2O3. The van der Waals surface area contributed by atoms with E-state index in [4.69, 9.17) is 38.2 Å². The van der Waals surface area contributed by atoms with Crippen LogP contribution in [0.1, 0.15) is 0 Å². The number of halogens is 2. The molecule has 2 N–H and O–H groups in total. The molecule has 5 heteroatoms. The molecule has 3 nitrogen and oxygen atoms in total. The van der Waals surface area contributed by atoms with Crippen molar-refractivity contribution >= 4 is 23.2 Å². The van der Waals surface area contributed by atoms with E-state index in [0.29, 0.717) is 0 Å². The third kappa shape index (κ3) is 5.70. The Labute approximate surface area is 75.9 Å². The van der Waals surface area contributed by atoms with Gasteiger partial charge in [-0.1, -0.05) is 0 Å². The average Bonchev–Trinajstić information content (AvgIpc) is 2.06. The van der Waals surface area contributed by atoms with E-state index in [1.165, 1.54) is 0 Å². The van der Waals surface area contributed by atoms with Gasteiger partial charge in [0.15, 0.2) is 0 Å². The number of rotatable bonds is 6. The predicted molar refractivity (Wildman–Crippen MR) is 44.3 cm³/mol. The maximum atomic E-state index is 8.92. The van der Waals surface area contributed by atoms with Gasteiger partial charge in [0.1, 0.15) is 0 Å². The molecule has 0 spiro atoms. The Morgan fingerprint density at radius 2 is 1.91 bits per heavy atom. The molecule has 0 aliphatic carbocycles. The zero-order valence-electron chi connectivity index (χ0n) is 6.04. The Bertz CT molecular complexity index is 87.9. The fourth-order valence-electron chi connectivity index (χ4n) is 0.438. The molecule has 0 amide bonds. The van der Waals surface area contributed by atoms with Crippen LogP contribution in [0.25, 0.3) is 0 Å². The molecule has 0 heterocycles. The normalized spacial score (nSPS) is 16.4. The van der Waals surface area contributed by atoms with Crippen LogP contribution in [0.2, 0.25) is 0 Å². The van der Waals surface area contributed by atoms with E-state index in [0.717, 1.165) is 0 Å². The van der Waals surface area contributed by atoms with Crippen molar-refractivity contribution in [3.63, 3.8) is 0 Å². The first-order chi connectivity index (χ1) is 5.24. The van der Waals surface area contributed by atoms with E-state index in [1.807, 2.05) is 0 Å². The Balaban J connectivity index is 3.34. The Kier molecular flexibility index (Phi) is 7.43. The lowest BCUT2D eigenvalue weighted by atomic mass is 10.4. The first-order valence-corrected chi connectivity index (χ1v) is 4.34. The predicted octanol–water partition coefficient (Wildman–Crippen LogP) is 0.202. The largest absolute Gasteiger partial charge is 0.394 e. The minimum absolute atomic E-state index is 0.113. The van der Waals surface area contributed by atoms with Crippen molar-refractivity contribution in [2.24, 2.45) is 0 Å². The molecule has 0 aliphatic heterocycles. The van der Waals surface area contributed by atoms with Gasteiger partial charge in [-0.2, -0.15) is 0 Å². The highest BCUT2D eigenvalue weighted by Crippen LogP contribution is 1.97. The van der Waals surface area contributed by atoms with Gasteiger partial charge >= 0.3 is 0 Å². The molecule has 0 rings (SSSR count). The number of alkyl halides is 2. The lowest BCUT2D eigenvalue weighted by molar-refractivity contribution is -0.0151. The molecule has 0 aromatic carbocycles. The molecule has 0 aromatic heterocycles. The number of hydrogen-bond acceptors (Lipinski definition) is 3. The Morgan fingerprint density at radius 1 is 1.27 bits per heavy atom. The van der Waals surface area contributed by atoms with E-state index >= 15 is 0 Å². The van der Waals surface area contributed by atoms with Crippen LogP contribution >= 0.6 is 23.2 Å². The van der Waals surface area contributed by atoms with E-state index in [2.05, 4.69) is 0 Å². The van der Waals surface area contributed by atoms with Crippen LogP contribution in [0.15, 0.2) is 0 Å². The molecule has 0 radical (unpaired) electrons. The number of ether oxygens (including phenoxy) is 1. The minimum atomic E-state index is -0.686. The van der Waals surface area contributed by atoms with Crippen LogP contribution in [0.5, 0.6) is 0 Å². The van der Waals surface area contributed by atoms with Crippen LogP contribution in [0, 0.1) is 0 Å². The minimum Gasteiger partial charge on any atom is -0.394 e. The van der Waals surface area contributed by atoms with Gasteiger partial charge in [0.2, 0.25) is 0 Å². The molecule has 0 saturated carbocycles. The van der Waals surface area contributed by atoms with E-state index < -0.39 is 12.2 Å². The summed E-state index contributed by atoms with van der Waals surface area (Å²) in [7, 11) is 0. The van der Waals surface area contributed by atoms with Crippen LogP contribution < -0.4 is 0 Å². The quantitative estimate of drug-likeness (QED) is 0.606. The summed E-state index contributed by atoms with van der Waals surface area (Å²) >= 11 is 10.7. The second-order valence-corrected chi connectivity index (χ2v) is 2.72. The maximum Gasteiger partial charge on any atom is 0.0941 e. The van der Waals surface area contributed by atoms with Gasteiger partial charge < -0.3 is 14.9 Å². The second-order valence-electron chi connectivity index (χ2n) is 2.10. The van der Waals surface area contributed by atoms with Crippen molar-refractivity contribution < 1.29 is 14.9 Å². The van der Waals surface area contributed by atoms with Crippen molar-refractivity contribution in [1.29, 1.82) is 0 Å². The average molecular weight is 203 g/mol. The van der Waals surface area contributed by atoms with Gasteiger partial charge in [-0.25, -0.2) is 0 Å². The number of aliphatic hydroxyl groups excluding tert-OH is 2. The molecule has 0 bridgehead atoms. The second kappa shape index (κ2) is 7.13.